The number of carbonyl (C=O) groups excluding carboxylic acids is 1. The zero-order valence-corrected chi connectivity index (χ0v) is 15.2. The lowest BCUT2D eigenvalue weighted by molar-refractivity contribution is -0.116. The van der Waals surface area contributed by atoms with Crippen LogP contribution in [0.2, 0.25) is 10.0 Å². The Labute approximate surface area is 150 Å². The van der Waals surface area contributed by atoms with Gasteiger partial charge in [0.25, 0.3) is 0 Å². The molecule has 0 atom stereocenters. The average molecular weight is 384 g/mol. The van der Waals surface area contributed by atoms with Gasteiger partial charge in [0.15, 0.2) is 14.6 Å². The molecule has 2 aromatic rings. The summed E-state index contributed by atoms with van der Waals surface area (Å²) < 4.78 is 24.3. The van der Waals surface area contributed by atoms with Gasteiger partial charge in [0.05, 0.1) is 4.90 Å². The van der Waals surface area contributed by atoms with Gasteiger partial charge in [-0.1, -0.05) is 29.3 Å². The molecule has 0 aromatic heterocycles. The fraction of sp³-hybridized carbons (Fsp3) is 0.235. The van der Waals surface area contributed by atoms with E-state index >= 15 is 0 Å². The van der Waals surface area contributed by atoms with Crippen LogP contribution in [0.4, 0.5) is 5.69 Å². The summed E-state index contributed by atoms with van der Waals surface area (Å²) >= 11 is 11.8. The number of rotatable bonds is 4. The molecule has 1 aliphatic rings. The summed E-state index contributed by atoms with van der Waals surface area (Å²) in [5.41, 5.74) is 1.36. The quantitative estimate of drug-likeness (QED) is 0.857. The van der Waals surface area contributed by atoms with Gasteiger partial charge in [0.2, 0.25) is 5.91 Å². The molecule has 1 aliphatic carbocycles. The lowest BCUT2D eigenvalue weighted by Crippen LogP contribution is -2.37. The van der Waals surface area contributed by atoms with Crippen molar-refractivity contribution in [3.8, 4) is 0 Å². The Balaban J connectivity index is 1.88. The summed E-state index contributed by atoms with van der Waals surface area (Å²) in [5.74, 6) is -0.530. The van der Waals surface area contributed by atoms with E-state index in [0.717, 1.165) is 5.56 Å². The second-order valence-electron chi connectivity index (χ2n) is 5.87. The Hall–Kier alpha value is -1.56. The minimum absolute atomic E-state index is 0.0986. The summed E-state index contributed by atoms with van der Waals surface area (Å²) in [6.45, 7) is 1.85. The third kappa shape index (κ3) is 2.92. The molecule has 0 saturated heterocycles. The molecule has 1 N–H and O–H groups in total. The largest absolute Gasteiger partial charge is 0.325 e. The van der Waals surface area contributed by atoms with Crippen molar-refractivity contribution < 1.29 is 13.2 Å². The van der Waals surface area contributed by atoms with Crippen molar-refractivity contribution in [3.63, 3.8) is 0 Å². The summed E-state index contributed by atoms with van der Waals surface area (Å²) in [6, 6.07) is 10.9. The van der Waals surface area contributed by atoms with E-state index in [1.807, 2.05) is 6.92 Å². The summed E-state index contributed by atoms with van der Waals surface area (Å²) in [7, 11) is -3.79. The van der Waals surface area contributed by atoms with Crippen LogP contribution in [0.5, 0.6) is 0 Å². The molecule has 1 fully saturated rings. The van der Waals surface area contributed by atoms with E-state index in [0.29, 0.717) is 28.6 Å². The molecule has 0 bridgehead atoms. The molecule has 0 radical (unpaired) electrons. The summed E-state index contributed by atoms with van der Waals surface area (Å²) in [5, 5.41) is 3.63. The minimum Gasteiger partial charge on any atom is -0.325 e. The highest BCUT2D eigenvalue weighted by molar-refractivity contribution is 7.94. The maximum atomic E-state index is 12.9. The Kier molecular flexibility index (Phi) is 4.36. The Morgan fingerprint density at radius 2 is 1.71 bits per heavy atom. The molecule has 3 rings (SSSR count). The van der Waals surface area contributed by atoms with Gasteiger partial charge in [0, 0.05) is 15.7 Å². The topological polar surface area (TPSA) is 63.2 Å². The Morgan fingerprint density at radius 1 is 1.08 bits per heavy atom. The Morgan fingerprint density at radius 3 is 2.25 bits per heavy atom. The van der Waals surface area contributed by atoms with Crippen LogP contribution in [0.15, 0.2) is 47.4 Å². The van der Waals surface area contributed by atoms with E-state index < -0.39 is 20.5 Å². The summed E-state index contributed by atoms with van der Waals surface area (Å²) in [4.78, 5) is 12.7. The maximum Gasteiger partial charge on any atom is 0.246 e. The van der Waals surface area contributed by atoms with Crippen LogP contribution in [-0.2, 0) is 14.6 Å². The van der Waals surface area contributed by atoms with Crippen molar-refractivity contribution in [2.75, 3.05) is 5.32 Å². The van der Waals surface area contributed by atoms with Gasteiger partial charge in [-0.15, -0.1) is 0 Å². The van der Waals surface area contributed by atoms with Crippen molar-refractivity contribution in [1.82, 2.24) is 0 Å². The van der Waals surface area contributed by atoms with Gasteiger partial charge in [-0.05, 0) is 61.7 Å². The van der Waals surface area contributed by atoms with E-state index in [-0.39, 0.29) is 4.90 Å². The monoisotopic (exact) mass is 383 g/mol. The van der Waals surface area contributed by atoms with Crippen LogP contribution in [0.3, 0.4) is 0 Å². The number of sulfone groups is 1. The van der Waals surface area contributed by atoms with Crippen LogP contribution in [0.1, 0.15) is 18.4 Å². The first-order valence-electron chi connectivity index (χ1n) is 7.34. The third-order valence-electron chi connectivity index (χ3n) is 4.19. The smallest absolute Gasteiger partial charge is 0.246 e. The van der Waals surface area contributed by atoms with Gasteiger partial charge < -0.3 is 5.32 Å². The van der Waals surface area contributed by atoms with Crippen molar-refractivity contribution in [1.29, 1.82) is 0 Å². The highest BCUT2D eigenvalue weighted by Gasteiger charge is 2.61. The fourth-order valence-electron chi connectivity index (χ4n) is 2.49. The summed E-state index contributed by atoms with van der Waals surface area (Å²) in [6.07, 6.45) is 0.590. The van der Waals surface area contributed by atoms with E-state index in [9.17, 15) is 13.2 Å². The van der Waals surface area contributed by atoms with Crippen LogP contribution in [0, 0.1) is 6.92 Å². The first-order chi connectivity index (χ1) is 11.3. The first-order valence-corrected chi connectivity index (χ1v) is 9.58. The van der Waals surface area contributed by atoms with Crippen molar-refractivity contribution in [2.45, 2.75) is 29.4 Å². The average Bonchev–Trinajstić information content (AvgIpc) is 3.34. The molecule has 0 heterocycles. The normalized spacial score (nSPS) is 15.8. The SMILES string of the molecule is Cc1ccc(NC(=O)C2(S(=O)(=O)c3ccc(Cl)cc3)CC2)cc1Cl. The number of benzene rings is 2. The predicted octanol–water partition coefficient (Wildman–Crippen LogP) is 4.25. The molecule has 0 unspecified atom stereocenters. The van der Waals surface area contributed by atoms with Crippen molar-refractivity contribution in [3.05, 3.63) is 58.1 Å². The van der Waals surface area contributed by atoms with Gasteiger partial charge in [0.1, 0.15) is 0 Å². The number of hydrogen-bond donors (Lipinski definition) is 1. The Bertz CT molecular complexity index is 904. The molecule has 1 saturated carbocycles. The molecule has 1 amide bonds. The van der Waals surface area contributed by atoms with Gasteiger partial charge >= 0.3 is 0 Å². The molecule has 7 heteroatoms. The molecule has 4 nitrogen and oxygen atoms in total. The molecule has 24 heavy (non-hydrogen) atoms. The zero-order valence-electron chi connectivity index (χ0n) is 12.8. The lowest BCUT2D eigenvalue weighted by Gasteiger charge is -2.17. The molecule has 0 spiro atoms. The molecule has 2 aromatic carbocycles. The van der Waals surface area contributed by atoms with E-state index in [2.05, 4.69) is 5.32 Å². The molecule has 0 aliphatic heterocycles. The van der Waals surface area contributed by atoms with Gasteiger partial charge in [-0.3, -0.25) is 4.79 Å². The number of carbonyl (C=O) groups is 1. The lowest BCUT2D eigenvalue weighted by atomic mass is 10.2. The highest BCUT2D eigenvalue weighted by Crippen LogP contribution is 2.47. The number of amides is 1. The van der Waals surface area contributed by atoms with Crippen molar-refractivity contribution in [2.24, 2.45) is 0 Å². The standard InChI is InChI=1S/C17H15Cl2NO3S/c1-11-2-5-13(10-15(11)19)20-16(21)17(8-9-17)24(22,23)14-6-3-12(18)4-7-14/h2-7,10H,8-9H2,1H3,(H,20,21). The van der Waals surface area contributed by atoms with Crippen LogP contribution in [-0.4, -0.2) is 19.1 Å². The molecular weight excluding hydrogens is 369 g/mol. The highest BCUT2D eigenvalue weighted by atomic mass is 35.5. The number of halogens is 2. The number of hydrogen-bond acceptors (Lipinski definition) is 3. The van der Waals surface area contributed by atoms with E-state index in [1.54, 1.807) is 18.2 Å². The van der Waals surface area contributed by atoms with Crippen LogP contribution >= 0.6 is 23.2 Å². The second kappa shape index (κ2) is 6.06. The molecular formula is C17H15Cl2NO3S. The van der Waals surface area contributed by atoms with Gasteiger partial charge in [-0.25, -0.2) is 8.42 Å². The molecule has 126 valence electrons. The predicted molar refractivity (Wildman–Crippen MR) is 95.4 cm³/mol. The number of nitrogens with one attached hydrogen (secondary N) is 1. The third-order valence-corrected chi connectivity index (χ3v) is 7.36. The van der Waals surface area contributed by atoms with E-state index in [4.69, 9.17) is 23.2 Å². The maximum absolute atomic E-state index is 12.9. The van der Waals surface area contributed by atoms with Crippen LogP contribution < -0.4 is 5.32 Å². The van der Waals surface area contributed by atoms with Crippen molar-refractivity contribution >= 4 is 44.6 Å². The number of anilines is 1. The minimum atomic E-state index is -3.79. The zero-order chi connectivity index (χ0) is 17.5. The fourth-order valence-corrected chi connectivity index (χ4v) is 4.67. The second-order valence-corrected chi connectivity index (χ2v) is 8.97. The van der Waals surface area contributed by atoms with E-state index in [1.165, 1.54) is 24.3 Å². The first kappa shape index (κ1) is 17.3. The van der Waals surface area contributed by atoms with Crippen LogP contribution in [0.25, 0.3) is 0 Å². The van der Waals surface area contributed by atoms with Gasteiger partial charge in [-0.2, -0.15) is 0 Å². The number of aryl methyl sites for hydroxylation is 1.